The second-order valence-electron chi connectivity index (χ2n) is 5.50. The number of hydrogen-bond donors (Lipinski definition) is 1. The molecule has 3 atom stereocenters. The van der Waals surface area contributed by atoms with Gasteiger partial charge in [0, 0.05) is 5.69 Å². The van der Waals surface area contributed by atoms with E-state index in [1.54, 1.807) is 6.07 Å². The maximum Gasteiger partial charge on any atom is 0.233 e. The lowest BCUT2D eigenvalue weighted by Crippen LogP contribution is -2.34. The molecule has 3 unspecified atom stereocenters. The number of benzene rings is 1. The summed E-state index contributed by atoms with van der Waals surface area (Å²) in [4.78, 5) is 26.2. The SMILES string of the molecule is CC(c1ccccc1N)N1C(=O)C2CCCC2C1=O. The fraction of sp³-hybridized carbons (Fsp3) is 0.467. The van der Waals surface area contributed by atoms with Gasteiger partial charge in [0.1, 0.15) is 0 Å². The van der Waals surface area contributed by atoms with Crippen molar-refractivity contribution in [3.05, 3.63) is 29.8 Å². The number of rotatable bonds is 2. The van der Waals surface area contributed by atoms with Crippen molar-refractivity contribution >= 4 is 17.5 Å². The molecule has 19 heavy (non-hydrogen) atoms. The largest absolute Gasteiger partial charge is 0.398 e. The van der Waals surface area contributed by atoms with Crippen LogP contribution in [0.2, 0.25) is 0 Å². The summed E-state index contributed by atoms with van der Waals surface area (Å²) in [5.41, 5.74) is 7.43. The summed E-state index contributed by atoms with van der Waals surface area (Å²) < 4.78 is 0. The monoisotopic (exact) mass is 258 g/mol. The number of para-hydroxylation sites is 1. The fourth-order valence-electron chi connectivity index (χ4n) is 3.43. The Labute approximate surface area is 112 Å². The molecule has 4 heteroatoms. The smallest absolute Gasteiger partial charge is 0.233 e. The third-order valence-electron chi connectivity index (χ3n) is 4.46. The van der Waals surface area contributed by atoms with Crippen LogP contribution in [0.4, 0.5) is 5.69 Å². The van der Waals surface area contributed by atoms with Crippen molar-refractivity contribution in [2.24, 2.45) is 11.8 Å². The van der Waals surface area contributed by atoms with Crippen molar-refractivity contribution < 1.29 is 9.59 Å². The highest BCUT2D eigenvalue weighted by Gasteiger charge is 2.51. The van der Waals surface area contributed by atoms with Crippen molar-refractivity contribution in [2.45, 2.75) is 32.2 Å². The van der Waals surface area contributed by atoms with Gasteiger partial charge >= 0.3 is 0 Å². The minimum absolute atomic E-state index is 0.0109. The van der Waals surface area contributed by atoms with Crippen LogP contribution in [0.1, 0.15) is 37.8 Å². The Balaban J connectivity index is 1.93. The number of anilines is 1. The minimum atomic E-state index is -0.271. The molecular formula is C15H18N2O2. The van der Waals surface area contributed by atoms with Gasteiger partial charge in [-0.2, -0.15) is 0 Å². The van der Waals surface area contributed by atoms with Gasteiger partial charge < -0.3 is 5.73 Å². The van der Waals surface area contributed by atoms with Crippen LogP contribution in [0, 0.1) is 11.8 Å². The highest BCUT2D eigenvalue weighted by atomic mass is 16.2. The molecule has 2 amide bonds. The zero-order valence-corrected chi connectivity index (χ0v) is 11.0. The standard InChI is InChI=1S/C15H18N2O2/c1-9(10-5-2-3-8-13(10)16)17-14(18)11-6-4-7-12(11)15(17)19/h2-3,5,8-9,11-12H,4,6-7,16H2,1H3. The highest BCUT2D eigenvalue weighted by molar-refractivity contribution is 6.05. The van der Waals surface area contributed by atoms with Crippen molar-refractivity contribution in [2.75, 3.05) is 5.73 Å². The number of likely N-dealkylation sites (tertiary alicyclic amines) is 1. The molecule has 3 rings (SSSR count). The number of fused-ring (bicyclic) bond motifs is 1. The van der Waals surface area contributed by atoms with Gasteiger partial charge in [0.05, 0.1) is 17.9 Å². The summed E-state index contributed by atoms with van der Waals surface area (Å²) in [6, 6.07) is 7.15. The van der Waals surface area contributed by atoms with Crippen LogP contribution in [-0.4, -0.2) is 16.7 Å². The van der Waals surface area contributed by atoms with E-state index >= 15 is 0 Å². The Hall–Kier alpha value is -1.84. The number of amides is 2. The van der Waals surface area contributed by atoms with Gasteiger partial charge in [0.25, 0.3) is 0 Å². The first-order valence-corrected chi connectivity index (χ1v) is 6.82. The third kappa shape index (κ3) is 1.74. The van der Waals surface area contributed by atoms with Crippen LogP contribution in [0.15, 0.2) is 24.3 Å². The molecular weight excluding hydrogens is 240 g/mol. The molecule has 0 aromatic heterocycles. The minimum Gasteiger partial charge on any atom is -0.398 e. The number of nitrogen functional groups attached to an aromatic ring is 1. The molecule has 0 radical (unpaired) electrons. The van der Waals surface area contributed by atoms with E-state index in [0.717, 1.165) is 24.8 Å². The van der Waals surface area contributed by atoms with Crippen LogP contribution < -0.4 is 5.73 Å². The topological polar surface area (TPSA) is 63.4 Å². The molecule has 1 aliphatic heterocycles. The Bertz CT molecular complexity index is 519. The molecule has 4 nitrogen and oxygen atoms in total. The summed E-state index contributed by atoms with van der Waals surface area (Å²) >= 11 is 0. The second kappa shape index (κ2) is 4.37. The van der Waals surface area contributed by atoms with Gasteiger partial charge in [-0.3, -0.25) is 14.5 Å². The van der Waals surface area contributed by atoms with Gasteiger partial charge in [-0.15, -0.1) is 0 Å². The number of nitrogens with zero attached hydrogens (tertiary/aromatic N) is 1. The molecule has 0 bridgehead atoms. The predicted octanol–water partition coefficient (Wildman–Crippen LogP) is 2.11. The summed E-state index contributed by atoms with van der Waals surface area (Å²) in [7, 11) is 0. The van der Waals surface area contributed by atoms with E-state index in [1.807, 2.05) is 25.1 Å². The van der Waals surface area contributed by atoms with E-state index in [2.05, 4.69) is 0 Å². The number of imide groups is 1. The summed E-state index contributed by atoms with van der Waals surface area (Å²) in [6.45, 7) is 1.88. The van der Waals surface area contributed by atoms with E-state index in [0.29, 0.717) is 5.69 Å². The van der Waals surface area contributed by atoms with Crippen LogP contribution >= 0.6 is 0 Å². The fourth-order valence-corrected chi connectivity index (χ4v) is 3.43. The number of nitrogens with two attached hydrogens (primary N) is 1. The second-order valence-corrected chi connectivity index (χ2v) is 5.50. The molecule has 0 spiro atoms. The Morgan fingerprint density at radius 3 is 2.32 bits per heavy atom. The maximum atomic E-state index is 12.4. The first-order chi connectivity index (χ1) is 9.11. The maximum absolute atomic E-state index is 12.4. The Morgan fingerprint density at radius 1 is 1.16 bits per heavy atom. The summed E-state index contributed by atoms with van der Waals surface area (Å²) in [6.07, 6.45) is 2.69. The Kier molecular flexibility index (Phi) is 2.81. The first-order valence-electron chi connectivity index (χ1n) is 6.82. The molecule has 1 aromatic rings. The molecule has 100 valence electrons. The van der Waals surface area contributed by atoms with Gasteiger partial charge in [-0.25, -0.2) is 0 Å². The zero-order chi connectivity index (χ0) is 13.6. The molecule has 2 aliphatic rings. The van der Waals surface area contributed by atoms with Crippen LogP contribution in [0.25, 0.3) is 0 Å². The lowest BCUT2D eigenvalue weighted by atomic mass is 10.00. The lowest BCUT2D eigenvalue weighted by Gasteiger charge is -2.25. The van der Waals surface area contributed by atoms with Crippen molar-refractivity contribution in [1.82, 2.24) is 4.90 Å². The average Bonchev–Trinajstić information content (AvgIpc) is 2.95. The normalized spacial score (nSPS) is 27.7. The molecule has 1 aliphatic carbocycles. The van der Waals surface area contributed by atoms with Crippen molar-refractivity contribution in [3.8, 4) is 0 Å². The van der Waals surface area contributed by atoms with Crippen LogP contribution in [-0.2, 0) is 9.59 Å². The molecule has 1 aromatic carbocycles. The van der Waals surface area contributed by atoms with E-state index in [4.69, 9.17) is 5.73 Å². The number of carbonyl (C=O) groups excluding carboxylic acids is 2. The van der Waals surface area contributed by atoms with Gasteiger partial charge in [0.2, 0.25) is 11.8 Å². The summed E-state index contributed by atoms with van der Waals surface area (Å²) in [5.74, 6) is -0.189. The predicted molar refractivity (Wildman–Crippen MR) is 72.0 cm³/mol. The van der Waals surface area contributed by atoms with Gasteiger partial charge in [-0.1, -0.05) is 24.6 Å². The van der Waals surface area contributed by atoms with E-state index in [1.165, 1.54) is 4.90 Å². The van der Waals surface area contributed by atoms with Gasteiger partial charge in [0.15, 0.2) is 0 Å². The average molecular weight is 258 g/mol. The summed E-state index contributed by atoms with van der Waals surface area (Å²) in [5, 5.41) is 0. The molecule has 2 fully saturated rings. The van der Waals surface area contributed by atoms with Crippen LogP contribution in [0.3, 0.4) is 0 Å². The van der Waals surface area contributed by atoms with Crippen LogP contribution in [0.5, 0.6) is 0 Å². The van der Waals surface area contributed by atoms with Crippen molar-refractivity contribution in [1.29, 1.82) is 0 Å². The molecule has 1 saturated carbocycles. The van der Waals surface area contributed by atoms with Gasteiger partial charge in [-0.05, 0) is 31.4 Å². The van der Waals surface area contributed by atoms with Crippen molar-refractivity contribution in [3.63, 3.8) is 0 Å². The van der Waals surface area contributed by atoms with E-state index in [9.17, 15) is 9.59 Å². The Morgan fingerprint density at radius 2 is 1.74 bits per heavy atom. The number of hydrogen-bond acceptors (Lipinski definition) is 3. The third-order valence-corrected chi connectivity index (χ3v) is 4.46. The molecule has 2 N–H and O–H groups in total. The van der Waals surface area contributed by atoms with E-state index < -0.39 is 0 Å². The molecule has 1 heterocycles. The highest BCUT2D eigenvalue weighted by Crippen LogP contribution is 2.43. The van der Waals surface area contributed by atoms with E-state index in [-0.39, 0.29) is 29.7 Å². The molecule has 1 saturated heterocycles. The quantitative estimate of drug-likeness (QED) is 0.652. The zero-order valence-electron chi connectivity index (χ0n) is 11.0. The lowest BCUT2D eigenvalue weighted by molar-refractivity contribution is -0.142. The first kappa shape index (κ1) is 12.2. The number of carbonyl (C=O) groups is 2.